The molecule has 0 bridgehead atoms. The van der Waals surface area contributed by atoms with E-state index in [4.69, 9.17) is 16.3 Å². The van der Waals surface area contributed by atoms with Crippen LogP contribution in [0.1, 0.15) is 17.5 Å². The molecule has 1 N–H and O–H groups in total. The molecule has 1 heterocycles. The number of hydrogen-bond donors (Lipinski definition) is 1. The molecule has 2 rings (SSSR count). The molecule has 1 aliphatic rings. The molecule has 0 spiro atoms. The maximum Gasteiger partial charge on any atom is 0.417 e. The number of alkyl halides is 3. The minimum absolute atomic E-state index is 0.264. The number of nitrogens with one attached hydrogen (secondary N) is 1. The summed E-state index contributed by atoms with van der Waals surface area (Å²) in [5, 5.41) is 2.35. The first-order valence-electron chi connectivity index (χ1n) is 7.99. The lowest BCUT2D eigenvalue weighted by Crippen LogP contribution is -2.38. The lowest BCUT2D eigenvalue weighted by molar-refractivity contribution is -0.137. The molecule has 138 valence electrons. The quantitative estimate of drug-likeness (QED) is 0.612. The van der Waals surface area contributed by atoms with E-state index < -0.39 is 11.7 Å². The maximum atomic E-state index is 12.8. The van der Waals surface area contributed by atoms with Crippen molar-refractivity contribution in [3.05, 3.63) is 40.4 Å². The van der Waals surface area contributed by atoms with E-state index in [0.717, 1.165) is 45.3 Å². The SMILES string of the molecule is O=C(C=Cc1ccc(Cl)c(C(F)(F)F)c1)NCCCN1CCOCC1. The van der Waals surface area contributed by atoms with Gasteiger partial charge in [0.05, 0.1) is 23.8 Å². The summed E-state index contributed by atoms with van der Waals surface area (Å²) in [5.41, 5.74) is -0.651. The first-order chi connectivity index (χ1) is 11.9. The summed E-state index contributed by atoms with van der Waals surface area (Å²) >= 11 is 5.56. The molecule has 4 nitrogen and oxygen atoms in total. The summed E-state index contributed by atoms with van der Waals surface area (Å²) in [5.74, 6) is -0.342. The number of benzene rings is 1. The van der Waals surface area contributed by atoms with Gasteiger partial charge < -0.3 is 10.1 Å². The molecular weight excluding hydrogens is 357 g/mol. The maximum absolute atomic E-state index is 12.8. The van der Waals surface area contributed by atoms with Crippen LogP contribution in [0.2, 0.25) is 5.02 Å². The van der Waals surface area contributed by atoms with Crippen molar-refractivity contribution in [2.75, 3.05) is 39.4 Å². The van der Waals surface area contributed by atoms with Crippen molar-refractivity contribution in [1.82, 2.24) is 10.2 Å². The second kappa shape index (κ2) is 9.22. The van der Waals surface area contributed by atoms with E-state index in [-0.39, 0.29) is 16.5 Å². The van der Waals surface area contributed by atoms with Crippen LogP contribution in [0.25, 0.3) is 6.08 Å². The first-order valence-corrected chi connectivity index (χ1v) is 8.37. The van der Waals surface area contributed by atoms with Crippen LogP contribution in [0, 0.1) is 0 Å². The Balaban J connectivity index is 1.78. The normalized spacial score (nSPS) is 16.3. The molecule has 0 radical (unpaired) electrons. The van der Waals surface area contributed by atoms with Gasteiger partial charge in [-0.1, -0.05) is 17.7 Å². The Morgan fingerprint density at radius 2 is 2.04 bits per heavy atom. The van der Waals surface area contributed by atoms with Gasteiger partial charge in [-0.2, -0.15) is 13.2 Å². The summed E-state index contributed by atoms with van der Waals surface area (Å²) in [4.78, 5) is 14.0. The molecule has 0 atom stereocenters. The van der Waals surface area contributed by atoms with Crippen LogP contribution < -0.4 is 5.32 Å². The average molecular weight is 377 g/mol. The predicted octanol–water partition coefficient (Wildman–Crippen LogP) is 3.21. The number of rotatable bonds is 6. The van der Waals surface area contributed by atoms with Crippen LogP contribution in [0.4, 0.5) is 13.2 Å². The number of ether oxygens (including phenoxy) is 1. The third kappa shape index (κ3) is 6.68. The van der Waals surface area contributed by atoms with Crippen LogP contribution in [0.5, 0.6) is 0 Å². The lowest BCUT2D eigenvalue weighted by Gasteiger charge is -2.26. The third-order valence-electron chi connectivity index (χ3n) is 3.78. The van der Waals surface area contributed by atoms with E-state index in [1.54, 1.807) is 0 Å². The van der Waals surface area contributed by atoms with Gasteiger partial charge in [0.2, 0.25) is 5.91 Å². The molecule has 1 aromatic rings. The van der Waals surface area contributed by atoms with Crippen molar-refractivity contribution in [2.45, 2.75) is 12.6 Å². The molecule has 8 heteroatoms. The molecule has 1 aromatic carbocycles. The second-order valence-electron chi connectivity index (χ2n) is 5.67. The Morgan fingerprint density at radius 3 is 2.72 bits per heavy atom. The molecule has 0 aromatic heterocycles. The fraction of sp³-hybridized carbons (Fsp3) is 0.471. The zero-order valence-corrected chi connectivity index (χ0v) is 14.4. The van der Waals surface area contributed by atoms with Gasteiger partial charge in [0, 0.05) is 25.7 Å². The fourth-order valence-electron chi connectivity index (χ4n) is 2.43. The molecule has 1 saturated heterocycles. The zero-order chi connectivity index (χ0) is 18.3. The molecule has 1 aliphatic heterocycles. The molecule has 0 saturated carbocycles. The van der Waals surface area contributed by atoms with Gasteiger partial charge in [0.25, 0.3) is 0 Å². The highest BCUT2D eigenvalue weighted by molar-refractivity contribution is 6.31. The number of hydrogen-bond acceptors (Lipinski definition) is 3. The molecule has 0 unspecified atom stereocenters. The topological polar surface area (TPSA) is 41.6 Å². The number of carbonyl (C=O) groups excluding carboxylic acids is 1. The van der Waals surface area contributed by atoms with E-state index in [9.17, 15) is 18.0 Å². The van der Waals surface area contributed by atoms with Crippen LogP contribution in [-0.4, -0.2) is 50.2 Å². The highest BCUT2D eigenvalue weighted by Gasteiger charge is 2.33. The number of carbonyl (C=O) groups is 1. The van der Waals surface area contributed by atoms with E-state index in [1.165, 1.54) is 24.3 Å². The van der Waals surface area contributed by atoms with Crippen molar-refractivity contribution in [2.24, 2.45) is 0 Å². The molecule has 0 aliphatic carbocycles. The van der Waals surface area contributed by atoms with Crippen molar-refractivity contribution >= 4 is 23.6 Å². The summed E-state index contributed by atoms with van der Waals surface area (Å²) in [7, 11) is 0. The molecule has 25 heavy (non-hydrogen) atoms. The average Bonchev–Trinajstić information content (AvgIpc) is 2.58. The van der Waals surface area contributed by atoms with Crippen LogP contribution in [0.3, 0.4) is 0 Å². The van der Waals surface area contributed by atoms with Gasteiger partial charge in [0.1, 0.15) is 0 Å². The van der Waals surface area contributed by atoms with Gasteiger partial charge >= 0.3 is 6.18 Å². The van der Waals surface area contributed by atoms with E-state index in [0.29, 0.717) is 6.54 Å². The minimum atomic E-state index is -4.53. The fourth-order valence-corrected chi connectivity index (χ4v) is 2.66. The third-order valence-corrected chi connectivity index (χ3v) is 4.11. The summed E-state index contributed by atoms with van der Waals surface area (Å²) < 4.78 is 43.6. The number of nitrogens with zero attached hydrogens (tertiary/aromatic N) is 1. The summed E-state index contributed by atoms with van der Waals surface area (Å²) in [6.07, 6.45) is -1.16. The Hall–Kier alpha value is -1.57. The zero-order valence-electron chi connectivity index (χ0n) is 13.6. The van der Waals surface area contributed by atoms with Crippen LogP contribution >= 0.6 is 11.6 Å². The summed E-state index contributed by atoms with van der Waals surface area (Å²) in [6.45, 7) is 4.64. The van der Waals surface area contributed by atoms with Gasteiger partial charge in [-0.25, -0.2) is 0 Å². The van der Waals surface area contributed by atoms with Crippen molar-refractivity contribution in [3.8, 4) is 0 Å². The Kier molecular flexibility index (Phi) is 7.28. The largest absolute Gasteiger partial charge is 0.417 e. The molecular formula is C17H20ClF3N2O2. The molecule has 1 amide bonds. The Morgan fingerprint density at radius 1 is 1.32 bits per heavy atom. The minimum Gasteiger partial charge on any atom is -0.379 e. The van der Waals surface area contributed by atoms with Gasteiger partial charge in [0.15, 0.2) is 0 Å². The van der Waals surface area contributed by atoms with Gasteiger partial charge in [-0.3, -0.25) is 9.69 Å². The monoisotopic (exact) mass is 376 g/mol. The van der Waals surface area contributed by atoms with Crippen LogP contribution in [-0.2, 0) is 15.7 Å². The number of morpholine rings is 1. The Labute approximate surface area is 149 Å². The van der Waals surface area contributed by atoms with Crippen LogP contribution in [0.15, 0.2) is 24.3 Å². The van der Waals surface area contributed by atoms with E-state index >= 15 is 0 Å². The van der Waals surface area contributed by atoms with Crippen molar-refractivity contribution in [3.63, 3.8) is 0 Å². The van der Waals surface area contributed by atoms with Crippen molar-refractivity contribution in [1.29, 1.82) is 0 Å². The highest BCUT2D eigenvalue weighted by atomic mass is 35.5. The second-order valence-corrected chi connectivity index (χ2v) is 6.08. The Bertz CT molecular complexity index is 614. The molecule has 1 fully saturated rings. The lowest BCUT2D eigenvalue weighted by atomic mass is 10.1. The standard InChI is InChI=1S/C17H20ClF3N2O2/c18-15-4-2-13(12-14(15)17(19,20)21)3-5-16(24)22-6-1-7-23-8-10-25-11-9-23/h2-5,12H,1,6-11H2,(H,22,24). The number of amides is 1. The van der Waals surface area contributed by atoms with Gasteiger partial charge in [-0.15, -0.1) is 0 Å². The highest BCUT2D eigenvalue weighted by Crippen LogP contribution is 2.35. The number of halogens is 4. The van der Waals surface area contributed by atoms with E-state index in [2.05, 4.69) is 10.2 Å². The first kappa shape index (κ1) is 19.8. The van der Waals surface area contributed by atoms with Crippen molar-refractivity contribution < 1.29 is 22.7 Å². The predicted molar refractivity (Wildman–Crippen MR) is 90.4 cm³/mol. The van der Waals surface area contributed by atoms with E-state index in [1.807, 2.05) is 0 Å². The van der Waals surface area contributed by atoms with Gasteiger partial charge in [-0.05, 0) is 36.7 Å². The smallest absolute Gasteiger partial charge is 0.379 e. The summed E-state index contributed by atoms with van der Waals surface area (Å²) in [6, 6.07) is 3.52.